The van der Waals surface area contributed by atoms with Crippen LogP contribution in [0, 0.1) is 0 Å². The molecule has 0 bridgehead atoms. The van der Waals surface area contributed by atoms with Crippen LogP contribution in [0.1, 0.15) is 26.7 Å². The standard InChI is InChI=1S/C8H16O2/c1-7(2)9-5-3-8-4-6-10-8/h7-8H,3-6H2,1-2H3. The monoisotopic (exact) mass is 144 g/mol. The minimum atomic E-state index is 0.361. The fraction of sp³-hybridized carbons (Fsp3) is 1.00. The van der Waals surface area contributed by atoms with Crippen molar-refractivity contribution in [1.29, 1.82) is 0 Å². The Hall–Kier alpha value is -0.0800. The Morgan fingerprint density at radius 1 is 1.60 bits per heavy atom. The van der Waals surface area contributed by atoms with Crippen LogP contribution >= 0.6 is 0 Å². The van der Waals surface area contributed by atoms with E-state index in [4.69, 9.17) is 9.47 Å². The highest BCUT2D eigenvalue weighted by Gasteiger charge is 2.17. The predicted octanol–water partition coefficient (Wildman–Crippen LogP) is 1.59. The van der Waals surface area contributed by atoms with E-state index in [9.17, 15) is 0 Å². The Balaban J connectivity index is 1.85. The molecule has 0 aliphatic carbocycles. The zero-order valence-corrected chi connectivity index (χ0v) is 6.80. The van der Waals surface area contributed by atoms with Crippen molar-refractivity contribution in [3.63, 3.8) is 0 Å². The lowest BCUT2D eigenvalue weighted by molar-refractivity contribution is -0.0705. The third-order valence-corrected chi connectivity index (χ3v) is 1.68. The van der Waals surface area contributed by atoms with Crippen molar-refractivity contribution in [2.24, 2.45) is 0 Å². The van der Waals surface area contributed by atoms with Crippen molar-refractivity contribution < 1.29 is 9.47 Å². The lowest BCUT2D eigenvalue weighted by atomic mass is 10.1. The van der Waals surface area contributed by atoms with Crippen LogP contribution in [-0.2, 0) is 9.47 Å². The molecule has 1 heterocycles. The van der Waals surface area contributed by atoms with Gasteiger partial charge in [-0.05, 0) is 26.7 Å². The first-order valence-corrected chi connectivity index (χ1v) is 4.02. The maximum absolute atomic E-state index is 5.37. The fourth-order valence-corrected chi connectivity index (χ4v) is 0.947. The van der Waals surface area contributed by atoms with Crippen LogP contribution in [-0.4, -0.2) is 25.4 Å². The molecular weight excluding hydrogens is 128 g/mol. The number of hydrogen-bond acceptors (Lipinski definition) is 2. The third kappa shape index (κ3) is 2.67. The zero-order valence-electron chi connectivity index (χ0n) is 6.80. The predicted molar refractivity (Wildman–Crippen MR) is 40.1 cm³/mol. The van der Waals surface area contributed by atoms with Crippen LogP contribution in [0.3, 0.4) is 0 Å². The second-order valence-corrected chi connectivity index (χ2v) is 2.99. The summed E-state index contributed by atoms with van der Waals surface area (Å²) in [5.74, 6) is 0. The van der Waals surface area contributed by atoms with Crippen molar-refractivity contribution in [1.82, 2.24) is 0 Å². The second kappa shape index (κ2) is 3.94. The van der Waals surface area contributed by atoms with Crippen LogP contribution in [0.2, 0.25) is 0 Å². The summed E-state index contributed by atoms with van der Waals surface area (Å²) in [5.41, 5.74) is 0. The zero-order chi connectivity index (χ0) is 7.40. The van der Waals surface area contributed by atoms with Crippen molar-refractivity contribution in [2.45, 2.75) is 38.9 Å². The second-order valence-electron chi connectivity index (χ2n) is 2.99. The summed E-state index contributed by atoms with van der Waals surface area (Å²) in [6.07, 6.45) is 3.15. The number of ether oxygens (including phenoxy) is 2. The van der Waals surface area contributed by atoms with Crippen molar-refractivity contribution in [3.05, 3.63) is 0 Å². The number of hydrogen-bond donors (Lipinski definition) is 0. The van der Waals surface area contributed by atoms with E-state index in [-0.39, 0.29) is 0 Å². The van der Waals surface area contributed by atoms with Gasteiger partial charge in [-0.1, -0.05) is 0 Å². The summed E-state index contributed by atoms with van der Waals surface area (Å²) in [6, 6.07) is 0. The molecule has 1 saturated heterocycles. The van der Waals surface area contributed by atoms with E-state index in [2.05, 4.69) is 13.8 Å². The lowest BCUT2D eigenvalue weighted by Gasteiger charge is -2.26. The summed E-state index contributed by atoms with van der Waals surface area (Å²) in [4.78, 5) is 0. The van der Waals surface area contributed by atoms with E-state index >= 15 is 0 Å². The molecule has 0 spiro atoms. The quantitative estimate of drug-likeness (QED) is 0.596. The molecule has 1 unspecified atom stereocenters. The first-order valence-electron chi connectivity index (χ1n) is 4.02. The Kier molecular flexibility index (Phi) is 3.16. The minimum absolute atomic E-state index is 0.361. The molecule has 1 aliphatic rings. The Labute approximate surface area is 62.5 Å². The van der Waals surface area contributed by atoms with Gasteiger partial charge in [-0.2, -0.15) is 0 Å². The summed E-state index contributed by atoms with van der Waals surface area (Å²) in [7, 11) is 0. The highest BCUT2D eigenvalue weighted by Crippen LogP contribution is 2.14. The fourth-order valence-electron chi connectivity index (χ4n) is 0.947. The van der Waals surface area contributed by atoms with Gasteiger partial charge in [-0.25, -0.2) is 0 Å². The van der Waals surface area contributed by atoms with Crippen LogP contribution in [0.15, 0.2) is 0 Å². The van der Waals surface area contributed by atoms with Crippen molar-refractivity contribution in [3.8, 4) is 0 Å². The Bertz CT molecular complexity index is 87.3. The van der Waals surface area contributed by atoms with Crippen LogP contribution in [0.5, 0.6) is 0 Å². The van der Waals surface area contributed by atoms with Crippen molar-refractivity contribution >= 4 is 0 Å². The van der Waals surface area contributed by atoms with Gasteiger partial charge in [0, 0.05) is 13.2 Å². The first kappa shape index (κ1) is 8.02. The van der Waals surface area contributed by atoms with Gasteiger partial charge in [-0.3, -0.25) is 0 Å². The molecule has 0 radical (unpaired) electrons. The van der Waals surface area contributed by atoms with Crippen LogP contribution in [0.25, 0.3) is 0 Å². The van der Waals surface area contributed by atoms with Gasteiger partial charge in [-0.15, -0.1) is 0 Å². The topological polar surface area (TPSA) is 18.5 Å². The summed E-state index contributed by atoms with van der Waals surface area (Å²) >= 11 is 0. The number of rotatable bonds is 4. The maximum atomic E-state index is 5.37. The molecule has 1 rings (SSSR count). The molecule has 0 aromatic rings. The van der Waals surface area contributed by atoms with Crippen molar-refractivity contribution in [2.75, 3.05) is 13.2 Å². The molecule has 1 atom stereocenters. The Morgan fingerprint density at radius 3 is 2.70 bits per heavy atom. The van der Waals surface area contributed by atoms with Gasteiger partial charge < -0.3 is 9.47 Å². The molecular formula is C8H16O2. The molecule has 0 aromatic carbocycles. The molecule has 60 valence electrons. The lowest BCUT2D eigenvalue weighted by Crippen LogP contribution is -2.28. The van der Waals surface area contributed by atoms with Gasteiger partial charge in [0.1, 0.15) is 0 Å². The minimum Gasteiger partial charge on any atom is -0.379 e. The average molecular weight is 144 g/mol. The van der Waals surface area contributed by atoms with E-state index in [1.165, 1.54) is 6.42 Å². The molecule has 2 heteroatoms. The largest absolute Gasteiger partial charge is 0.379 e. The molecule has 0 N–H and O–H groups in total. The normalized spacial score (nSPS) is 24.9. The molecule has 1 fully saturated rings. The van der Waals surface area contributed by atoms with Gasteiger partial charge in [0.05, 0.1) is 12.2 Å². The van der Waals surface area contributed by atoms with Gasteiger partial charge >= 0.3 is 0 Å². The smallest absolute Gasteiger partial charge is 0.0619 e. The molecule has 1 aliphatic heterocycles. The SMILES string of the molecule is CC(C)OCCC1CCO1. The Morgan fingerprint density at radius 2 is 2.30 bits per heavy atom. The average Bonchev–Trinajstić information content (AvgIpc) is 1.75. The molecule has 10 heavy (non-hydrogen) atoms. The van der Waals surface area contributed by atoms with E-state index in [1.807, 2.05) is 0 Å². The maximum Gasteiger partial charge on any atom is 0.0619 e. The van der Waals surface area contributed by atoms with Gasteiger partial charge in [0.2, 0.25) is 0 Å². The molecule has 0 amide bonds. The van der Waals surface area contributed by atoms with Crippen LogP contribution in [0.4, 0.5) is 0 Å². The van der Waals surface area contributed by atoms with E-state index in [0.717, 1.165) is 19.6 Å². The first-order chi connectivity index (χ1) is 4.79. The summed E-state index contributed by atoms with van der Waals surface area (Å²) < 4.78 is 10.6. The van der Waals surface area contributed by atoms with E-state index in [1.54, 1.807) is 0 Å². The van der Waals surface area contributed by atoms with E-state index < -0.39 is 0 Å². The van der Waals surface area contributed by atoms with Crippen LogP contribution < -0.4 is 0 Å². The van der Waals surface area contributed by atoms with E-state index in [0.29, 0.717) is 12.2 Å². The molecule has 0 aromatic heterocycles. The highest BCUT2D eigenvalue weighted by atomic mass is 16.5. The highest BCUT2D eigenvalue weighted by molar-refractivity contribution is 4.65. The van der Waals surface area contributed by atoms with Gasteiger partial charge in [0.25, 0.3) is 0 Å². The van der Waals surface area contributed by atoms with Gasteiger partial charge in [0.15, 0.2) is 0 Å². The summed E-state index contributed by atoms with van der Waals surface area (Å²) in [5, 5.41) is 0. The molecule has 0 saturated carbocycles. The third-order valence-electron chi connectivity index (χ3n) is 1.68. The molecule has 2 nitrogen and oxygen atoms in total. The summed E-state index contributed by atoms with van der Waals surface area (Å²) in [6.45, 7) is 5.91.